The molecule has 0 spiro atoms. The second kappa shape index (κ2) is 11.7. The largest absolute Gasteiger partial charge is 0.482 e. The maximum Gasteiger partial charge on any atom is 0.260 e. The number of ether oxygens (including phenoxy) is 1. The number of benzene rings is 3. The molecule has 10 heteroatoms. The van der Waals surface area contributed by atoms with Gasteiger partial charge >= 0.3 is 0 Å². The van der Waals surface area contributed by atoms with Gasteiger partial charge in [0.25, 0.3) is 5.91 Å². The zero-order valence-electron chi connectivity index (χ0n) is 20.7. The van der Waals surface area contributed by atoms with Crippen LogP contribution in [-0.4, -0.2) is 52.0 Å². The number of nitrogens with zero attached hydrogens (tertiary/aromatic N) is 2. The second-order valence-electron chi connectivity index (χ2n) is 8.93. The van der Waals surface area contributed by atoms with Crippen LogP contribution in [0.4, 0.5) is 5.69 Å². The van der Waals surface area contributed by atoms with E-state index in [1.54, 1.807) is 11.8 Å². The second-order valence-corrected chi connectivity index (χ2v) is 11.5. The van der Waals surface area contributed by atoms with Crippen molar-refractivity contribution in [3.63, 3.8) is 0 Å². The van der Waals surface area contributed by atoms with E-state index in [1.807, 2.05) is 55.5 Å². The van der Waals surface area contributed by atoms with Crippen molar-refractivity contribution in [2.45, 2.75) is 24.8 Å². The van der Waals surface area contributed by atoms with Gasteiger partial charge in [0.15, 0.2) is 6.61 Å². The molecule has 1 amide bonds. The number of piperazine rings is 1. The number of nitrogens with one attached hydrogen (secondary N) is 1. The van der Waals surface area contributed by atoms with Crippen LogP contribution in [0.1, 0.15) is 24.1 Å². The van der Waals surface area contributed by atoms with Gasteiger partial charge < -0.3 is 14.5 Å². The molecule has 1 atom stereocenters. The molecule has 1 aliphatic heterocycles. The molecule has 1 fully saturated rings. The predicted octanol–water partition coefficient (Wildman–Crippen LogP) is 5.07. The first-order chi connectivity index (χ1) is 17.6. The van der Waals surface area contributed by atoms with Crippen molar-refractivity contribution in [2.75, 3.05) is 37.7 Å². The summed E-state index contributed by atoms with van der Waals surface area (Å²) in [7, 11) is -3.81. The predicted molar refractivity (Wildman–Crippen MR) is 147 cm³/mol. The highest BCUT2D eigenvalue weighted by molar-refractivity contribution is 7.89. The summed E-state index contributed by atoms with van der Waals surface area (Å²) < 4.78 is 34.0. The van der Waals surface area contributed by atoms with Crippen LogP contribution in [0, 0.1) is 6.92 Å². The number of rotatable bonds is 8. The molecular formula is C27H29Cl2N3O4S. The Morgan fingerprint density at radius 3 is 2.38 bits per heavy atom. The van der Waals surface area contributed by atoms with Crippen molar-refractivity contribution in [1.29, 1.82) is 0 Å². The average Bonchev–Trinajstić information content (AvgIpc) is 2.89. The fourth-order valence-corrected chi connectivity index (χ4v) is 5.95. The Balaban J connectivity index is 1.32. The highest BCUT2D eigenvalue weighted by atomic mass is 35.5. The Bertz CT molecular complexity index is 1360. The third kappa shape index (κ3) is 6.76. The molecule has 1 N–H and O–H groups in total. The van der Waals surface area contributed by atoms with Crippen molar-refractivity contribution in [1.82, 2.24) is 9.62 Å². The lowest BCUT2D eigenvalue weighted by Gasteiger charge is -2.36. The van der Waals surface area contributed by atoms with E-state index in [1.165, 1.54) is 18.2 Å². The molecule has 4 rings (SSSR count). The molecule has 1 aliphatic rings. The molecule has 37 heavy (non-hydrogen) atoms. The van der Waals surface area contributed by atoms with Gasteiger partial charge in [-0.15, -0.1) is 0 Å². The Hall–Kier alpha value is -2.78. The zero-order chi connectivity index (χ0) is 26.6. The maximum absolute atomic E-state index is 12.8. The van der Waals surface area contributed by atoms with Crippen molar-refractivity contribution in [3.05, 3.63) is 87.9 Å². The van der Waals surface area contributed by atoms with Gasteiger partial charge in [-0.25, -0.2) is 13.1 Å². The van der Waals surface area contributed by atoms with Gasteiger partial charge in [-0.1, -0.05) is 59.6 Å². The van der Waals surface area contributed by atoms with E-state index in [-0.39, 0.29) is 28.2 Å². The number of halogens is 2. The minimum absolute atomic E-state index is 0.0198. The highest BCUT2D eigenvalue weighted by Crippen LogP contribution is 2.29. The fourth-order valence-electron chi connectivity index (χ4n) is 4.23. The summed E-state index contributed by atoms with van der Waals surface area (Å²) in [5.74, 6) is 0.0897. The Labute approximate surface area is 228 Å². The SMILES string of the molecule is Cc1ccc(Cl)cc1N1CCN(C(=O)COc2ccc(S(=O)(=O)N[C@@H](C)c3ccccc3)cc2Cl)CC1. The molecule has 0 unspecified atom stereocenters. The molecule has 3 aromatic carbocycles. The first-order valence-corrected chi connectivity index (χ1v) is 14.2. The van der Waals surface area contributed by atoms with Crippen molar-refractivity contribution >= 4 is 44.8 Å². The summed E-state index contributed by atoms with van der Waals surface area (Å²) in [4.78, 5) is 16.7. The van der Waals surface area contributed by atoms with Gasteiger partial charge in [0.1, 0.15) is 5.75 Å². The first kappa shape index (κ1) is 27.3. The van der Waals surface area contributed by atoms with Gasteiger partial charge in [-0.3, -0.25) is 4.79 Å². The van der Waals surface area contributed by atoms with Crippen LogP contribution in [-0.2, 0) is 14.8 Å². The lowest BCUT2D eigenvalue weighted by atomic mass is 10.1. The molecule has 0 aliphatic carbocycles. The lowest BCUT2D eigenvalue weighted by molar-refractivity contribution is -0.133. The smallest absolute Gasteiger partial charge is 0.260 e. The van der Waals surface area contributed by atoms with Crippen molar-refractivity contribution in [3.8, 4) is 5.75 Å². The summed E-state index contributed by atoms with van der Waals surface area (Å²) in [6.07, 6.45) is 0. The molecule has 1 heterocycles. The number of sulfonamides is 1. The molecule has 0 radical (unpaired) electrons. The lowest BCUT2D eigenvalue weighted by Crippen LogP contribution is -2.50. The fraction of sp³-hybridized carbons (Fsp3) is 0.296. The van der Waals surface area contributed by atoms with Crippen LogP contribution in [0.2, 0.25) is 10.0 Å². The summed E-state index contributed by atoms with van der Waals surface area (Å²) in [6.45, 7) is 6.12. The Morgan fingerprint density at radius 1 is 1.00 bits per heavy atom. The van der Waals surface area contributed by atoms with E-state index in [0.29, 0.717) is 31.2 Å². The van der Waals surface area contributed by atoms with Crippen LogP contribution in [0.25, 0.3) is 0 Å². The van der Waals surface area contributed by atoms with E-state index in [2.05, 4.69) is 9.62 Å². The summed E-state index contributed by atoms with van der Waals surface area (Å²) in [5.41, 5.74) is 3.06. The number of aryl methyl sites for hydroxylation is 1. The molecule has 0 saturated carbocycles. The van der Waals surface area contributed by atoms with E-state index in [0.717, 1.165) is 16.8 Å². The van der Waals surface area contributed by atoms with Crippen molar-refractivity contribution in [2.24, 2.45) is 0 Å². The molecule has 3 aromatic rings. The number of carbonyl (C=O) groups excluding carboxylic acids is 1. The first-order valence-electron chi connectivity index (χ1n) is 11.9. The van der Waals surface area contributed by atoms with Crippen LogP contribution in [0.15, 0.2) is 71.6 Å². The van der Waals surface area contributed by atoms with Gasteiger partial charge in [0.05, 0.1) is 9.92 Å². The van der Waals surface area contributed by atoms with Gasteiger partial charge in [0.2, 0.25) is 10.0 Å². The molecule has 1 saturated heterocycles. The molecular weight excluding hydrogens is 533 g/mol. The number of anilines is 1. The van der Waals surface area contributed by atoms with E-state index >= 15 is 0 Å². The van der Waals surface area contributed by atoms with Crippen LogP contribution in [0.5, 0.6) is 5.75 Å². The number of carbonyl (C=O) groups is 1. The third-order valence-corrected chi connectivity index (χ3v) is 8.41. The standard InChI is InChI=1S/C27H29Cl2N3O4S/c1-19-8-9-22(28)16-25(19)31-12-14-32(15-13-31)27(33)18-36-26-11-10-23(17-24(26)29)37(34,35)30-20(2)21-6-4-3-5-7-21/h3-11,16-17,20,30H,12-15,18H2,1-2H3/t20-/m0/s1. The van der Waals surface area contributed by atoms with Crippen LogP contribution >= 0.6 is 23.2 Å². The maximum atomic E-state index is 12.8. The molecule has 196 valence electrons. The monoisotopic (exact) mass is 561 g/mol. The Morgan fingerprint density at radius 2 is 1.70 bits per heavy atom. The number of amides is 1. The van der Waals surface area contributed by atoms with E-state index in [4.69, 9.17) is 27.9 Å². The van der Waals surface area contributed by atoms with Gasteiger partial charge in [0, 0.05) is 42.9 Å². The minimum atomic E-state index is -3.81. The third-order valence-electron chi connectivity index (χ3n) is 6.34. The Kier molecular flexibility index (Phi) is 8.64. The highest BCUT2D eigenvalue weighted by Gasteiger charge is 2.24. The normalized spacial score (nSPS) is 14.9. The zero-order valence-corrected chi connectivity index (χ0v) is 23.0. The van der Waals surface area contributed by atoms with Gasteiger partial charge in [-0.2, -0.15) is 0 Å². The number of hydrogen-bond donors (Lipinski definition) is 1. The minimum Gasteiger partial charge on any atom is -0.482 e. The van der Waals surface area contributed by atoms with E-state index in [9.17, 15) is 13.2 Å². The summed E-state index contributed by atoms with van der Waals surface area (Å²) >= 11 is 12.5. The topological polar surface area (TPSA) is 79.0 Å². The average molecular weight is 563 g/mol. The van der Waals surface area contributed by atoms with Crippen LogP contribution < -0.4 is 14.4 Å². The van der Waals surface area contributed by atoms with E-state index < -0.39 is 16.1 Å². The van der Waals surface area contributed by atoms with Crippen LogP contribution in [0.3, 0.4) is 0 Å². The summed E-state index contributed by atoms with van der Waals surface area (Å²) in [6, 6.07) is 18.9. The number of hydrogen-bond acceptors (Lipinski definition) is 5. The molecule has 7 nitrogen and oxygen atoms in total. The summed E-state index contributed by atoms with van der Waals surface area (Å²) in [5, 5.41) is 0.800. The quantitative estimate of drug-likeness (QED) is 0.415. The van der Waals surface area contributed by atoms with Crippen molar-refractivity contribution < 1.29 is 17.9 Å². The van der Waals surface area contributed by atoms with Gasteiger partial charge in [-0.05, 0) is 55.3 Å². The molecule has 0 aromatic heterocycles. The molecule has 0 bridgehead atoms.